The predicted molar refractivity (Wildman–Crippen MR) is 63.9 cm³/mol. The molecule has 1 amide bonds. The number of aryl methyl sites for hydroxylation is 2. The largest absolute Gasteiger partial charge is 0.391 e. The molecule has 0 saturated carbocycles. The number of benzene rings is 1. The van der Waals surface area contributed by atoms with Crippen molar-refractivity contribution in [1.82, 2.24) is 0 Å². The van der Waals surface area contributed by atoms with Crippen molar-refractivity contribution in [2.24, 2.45) is 0 Å². The van der Waals surface area contributed by atoms with Crippen molar-refractivity contribution in [3.8, 4) is 0 Å². The average molecular weight is 240 g/mol. The molecule has 4 heteroatoms. The van der Waals surface area contributed by atoms with E-state index in [2.05, 4.69) is 0 Å². The van der Waals surface area contributed by atoms with Crippen LogP contribution in [0.15, 0.2) is 12.1 Å². The lowest BCUT2D eigenvalue weighted by Gasteiger charge is -2.18. The third kappa shape index (κ3) is 1.93. The first kappa shape index (κ1) is 11.4. The Hall–Kier alpha value is -1.06. The third-order valence-corrected chi connectivity index (χ3v) is 3.26. The molecule has 0 spiro atoms. The fraction of sp³-hybridized carbons (Fsp3) is 0.417. The van der Waals surface area contributed by atoms with E-state index in [9.17, 15) is 9.90 Å². The van der Waals surface area contributed by atoms with Crippen molar-refractivity contribution in [2.75, 3.05) is 11.4 Å². The number of hydrogen-bond donors (Lipinski definition) is 1. The van der Waals surface area contributed by atoms with E-state index in [0.29, 0.717) is 17.3 Å². The second-order valence-corrected chi connectivity index (χ2v) is 4.66. The Morgan fingerprint density at radius 1 is 1.38 bits per heavy atom. The number of hydrogen-bond acceptors (Lipinski definition) is 2. The van der Waals surface area contributed by atoms with Crippen LogP contribution in [0.4, 0.5) is 5.69 Å². The number of anilines is 1. The standard InChI is InChI=1S/C12H14ClNO2/c1-7-3-10(13)11(4-8(7)2)14-6-9(15)5-12(14)16/h3-4,9,15H,5-6H2,1-2H3. The number of aliphatic hydroxyl groups excluding tert-OH is 1. The normalized spacial score (nSPS) is 20.6. The minimum Gasteiger partial charge on any atom is -0.391 e. The first-order valence-corrected chi connectivity index (χ1v) is 5.62. The summed E-state index contributed by atoms with van der Waals surface area (Å²) in [5, 5.41) is 10.0. The molecule has 86 valence electrons. The van der Waals surface area contributed by atoms with E-state index in [1.165, 1.54) is 0 Å². The number of nitrogens with zero attached hydrogens (tertiary/aromatic N) is 1. The van der Waals surface area contributed by atoms with E-state index in [-0.39, 0.29) is 12.3 Å². The second kappa shape index (κ2) is 4.07. The van der Waals surface area contributed by atoms with Crippen LogP contribution in [0.25, 0.3) is 0 Å². The Labute approximate surface area is 99.6 Å². The van der Waals surface area contributed by atoms with Gasteiger partial charge in [0.1, 0.15) is 0 Å². The van der Waals surface area contributed by atoms with Gasteiger partial charge < -0.3 is 10.0 Å². The topological polar surface area (TPSA) is 40.5 Å². The van der Waals surface area contributed by atoms with E-state index in [0.717, 1.165) is 11.1 Å². The fourth-order valence-corrected chi connectivity index (χ4v) is 2.21. The zero-order valence-corrected chi connectivity index (χ0v) is 10.1. The summed E-state index contributed by atoms with van der Waals surface area (Å²) in [6, 6.07) is 3.75. The van der Waals surface area contributed by atoms with Gasteiger partial charge in [-0.1, -0.05) is 11.6 Å². The maximum Gasteiger partial charge on any atom is 0.229 e. The highest BCUT2D eigenvalue weighted by molar-refractivity contribution is 6.34. The molecule has 1 aliphatic rings. The lowest BCUT2D eigenvalue weighted by atomic mass is 10.1. The van der Waals surface area contributed by atoms with Crippen LogP contribution in [0.5, 0.6) is 0 Å². The number of β-amino-alcohol motifs (C(OH)–C–C–N with tert-alkyl or cyclic N) is 1. The minimum atomic E-state index is -0.579. The van der Waals surface area contributed by atoms with E-state index in [1.54, 1.807) is 4.90 Å². The highest BCUT2D eigenvalue weighted by Gasteiger charge is 2.30. The molecule has 0 aromatic heterocycles. The monoisotopic (exact) mass is 239 g/mol. The van der Waals surface area contributed by atoms with Crippen molar-refractivity contribution >= 4 is 23.2 Å². The van der Waals surface area contributed by atoms with E-state index < -0.39 is 6.10 Å². The molecule has 0 radical (unpaired) electrons. The molecule has 16 heavy (non-hydrogen) atoms. The molecule has 0 bridgehead atoms. The van der Waals surface area contributed by atoms with E-state index >= 15 is 0 Å². The average Bonchev–Trinajstić information content (AvgIpc) is 2.51. The first-order valence-electron chi connectivity index (χ1n) is 5.24. The summed E-state index contributed by atoms with van der Waals surface area (Å²) >= 11 is 6.12. The van der Waals surface area contributed by atoms with Crippen molar-refractivity contribution in [2.45, 2.75) is 26.4 Å². The van der Waals surface area contributed by atoms with Crippen LogP contribution in [-0.2, 0) is 4.79 Å². The molecule has 1 aliphatic heterocycles. The zero-order chi connectivity index (χ0) is 11.9. The van der Waals surface area contributed by atoms with Gasteiger partial charge in [-0.15, -0.1) is 0 Å². The van der Waals surface area contributed by atoms with Crippen LogP contribution in [0.2, 0.25) is 5.02 Å². The summed E-state index contributed by atoms with van der Waals surface area (Å²) in [6.07, 6.45) is -0.395. The number of aliphatic hydroxyl groups is 1. The summed E-state index contributed by atoms with van der Waals surface area (Å²) in [5.41, 5.74) is 2.89. The Bertz CT molecular complexity index is 445. The molecule has 1 N–H and O–H groups in total. The summed E-state index contributed by atoms with van der Waals surface area (Å²) in [6.45, 7) is 4.29. The summed E-state index contributed by atoms with van der Waals surface area (Å²) < 4.78 is 0. The third-order valence-electron chi connectivity index (χ3n) is 2.96. The maximum absolute atomic E-state index is 11.6. The van der Waals surface area contributed by atoms with Crippen LogP contribution in [0.3, 0.4) is 0 Å². The molecule has 1 aromatic carbocycles. The Balaban J connectivity index is 2.41. The highest BCUT2D eigenvalue weighted by Crippen LogP contribution is 2.31. The van der Waals surface area contributed by atoms with Crippen molar-refractivity contribution in [3.05, 3.63) is 28.3 Å². The van der Waals surface area contributed by atoms with Gasteiger partial charge in [0.05, 0.1) is 29.8 Å². The maximum atomic E-state index is 11.6. The molecular weight excluding hydrogens is 226 g/mol. The van der Waals surface area contributed by atoms with Gasteiger partial charge in [0.25, 0.3) is 0 Å². The number of carbonyl (C=O) groups excluding carboxylic acids is 1. The van der Waals surface area contributed by atoms with Gasteiger partial charge >= 0.3 is 0 Å². The zero-order valence-electron chi connectivity index (χ0n) is 9.33. The quantitative estimate of drug-likeness (QED) is 0.815. The molecule has 1 fully saturated rings. The van der Waals surface area contributed by atoms with Gasteiger partial charge in [-0.3, -0.25) is 4.79 Å². The predicted octanol–water partition coefficient (Wildman–Crippen LogP) is 2.05. The summed E-state index contributed by atoms with van der Waals surface area (Å²) in [7, 11) is 0. The van der Waals surface area contributed by atoms with Crippen molar-refractivity contribution in [3.63, 3.8) is 0 Å². The highest BCUT2D eigenvalue weighted by atomic mass is 35.5. The molecule has 1 heterocycles. The summed E-state index contributed by atoms with van der Waals surface area (Å²) in [5.74, 6) is -0.0716. The van der Waals surface area contributed by atoms with Gasteiger partial charge in [0.2, 0.25) is 5.91 Å². The number of amides is 1. The SMILES string of the molecule is Cc1cc(Cl)c(N2CC(O)CC2=O)cc1C. The van der Waals surface area contributed by atoms with Gasteiger partial charge in [-0.2, -0.15) is 0 Å². The van der Waals surface area contributed by atoms with Gasteiger partial charge in [-0.05, 0) is 37.1 Å². The number of halogens is 1. The van der Waals surface area contributed by atoms with Crippen molar-refractivity contribution in [1.29, 1.82) is 0 Å². The Kier molecular flexibility index (Phi) is 2.91. The van der Waals surface area contributed by atoms with Gasteiger partial charge in [0, 0.05) is 0 Å². The van der Waals surface area contributed by atoms with E-state index in [1.807, 2.05) is 26.0 Å². The fourth-order valence-electron chi connectivity index (χ4n) is 1.89. The molecular formula is C12H14ClNO2. The molecule has 0 aliphatic carbocycles. The first-order chi connectivity index (χ1) is 7.49. The van der Waals surface area contributed by atoms with Crippen LogP contribution in [-0.4, -0.2) is 23.7 Å². The van der Waals surface area contributed by atoms with Crippen molar-refractivity contribution < 1.29 is 9.90 Å². The number of carbonyl (C=O) groups is 1. The molecule has 1 unspecified atom stereocenters. The van der Waals surface area contributed by atoms with Gasteiger partial charge in [-0.25, -0.2) is 0 Å². The molecule has 1 atom stereocenters. The lowest BCUT2D eigenvalue weighted by Crippen LogP contribution is -2.25. The van der Waals surface area contributed by atoms with Crippen LogP contribution in [0.1, 0.15) is 17.5 Å². The van der Waals surface area contributed by atoms with E-state index in [4.69, 9.17) is 11.6 Å². The van der Waals surface area contributed by atoms with Gasteiger partial charge in [0.15, 0.2) is 0 Å². The smallest absolute Gasteiger partial charge is 0.229 e. The molecule has 1 aromatic rings. The molecule has 2 rings (SSSR count). The van der Waals surface area contributed by atoms with Crippen LogP contribution < -0.4 is 4.90 Å². The molecule has 1 saturated heterocycles. The minimum absolute atomic E-state index is 0.0716. The van der Waals surface area contributed by atoms with Crippen LogP contribution >= 0.6 is 11.6 Å². The molecule has 3 nitrogen and oxygen atoms in total. The number of rotatable bonds is 1. The Morgan fingerprint density at radius 2 is 2.00 bits per heavy atom. The second-order valence-electron chi connectivity index (χ2n) is 4.25. The Morgan fingerprint density at radius 3 is 2.56 bits per heavy atom. The lowest BCUT2D eigenvalue weighted by molar-refractivity contribution is -0.117. The van der Waals surface area contributed by atoms with Crippen LogP contribution in [0, 0.1) is 13.8 Å². The summed E-state index contributed by atoms with van der Waals surface area (Å²) in [4.78, 5) is 13.2.